The third kappa shape index (κ3) is 3.48. The molecule has 0 radical (unpaired) electrons. The molecule has 2 N–H and O–H groups in total. The fourth-order valence-corrected chi connectivity index (χ4v) is 2.29. The smallest absolute Gasteiger partial charge is 0.322 e. The number of anilines is 1. The summed E-state index contributed by atoms with van der Waals surface area (Å²) in [4.78, 5) is 23.4. The van der Waals surface area contributed by atoms with Crippen molar-refractivity contribution < 1.29 is 18.0 Å². The van der Waals surface area contributed by atoms with Crippen molar-refractivity contribution in [3.8, 4) is 5.82 Å². The average molecular weight is 363 g/mol. The number of hydrogen-bond donors (Lipinski definition) is 2. The van der Waals surface area contributed by atoms with Gasteiger partial charge in [0.05, 0.1) is 23.0 Å². The lowest BCUT2D eigenvalue weighted by Gasteiger charge is -2.10. The van der Waals surface area contributed by atoms with Crippen molar-refractivity contribution >= 4 is 11.6 Å². The molecule has 0 bridgehead atoms. The molecule has 7 nitrogen and oxygen atoms in total. The predicted octanol–water partition coefficient (Wildman–Crippen LogP) is 2.54. The minimum atomic E-state index is -4.50. The van der Waals surface area contributed by atoms with E-state index in [-0.39, 0.29) is 16.8 Å². The second kappa shape index (κ2) is 6.47. The molecule has 134 valence electrons. The van der Waals surface area contributed by atoms with Gasteiger partial charge < -0.3 is 5.32 Å². The zero-order chi connectivity index (χ0) is 18.9. The van der Waals surface area contributed by atoms with Crippen LogP contribution in [-0.2, 0) is 6.18 Å². The molecule has 3 aromatic rings. The number of aromatic nitrogens is 4. The minimum absolute atomic E-state index is 0.0131. The molecular weight excluding hydrogens is 351 g/mol. The molecule has 1 aromatic carbocycles. The molecule has 2 heterocycles. The Kier molecular flexibility index (Phi) is 4.33. The van der Waals surface area contributed by atoms with Gasteiger partial charge in [-0.2, -0.15) is 23.4 Å². The van der Waals surface area contributed by atoms with E-state index < -0.39 is 17.6 Å². The maximum absolute atomic E-state index is 12.8. The van der Waals surface area contributed by atoms with Crippen LogP contribution in [0.25, 0.3) is 5.82 Å². The van der Waals surface area contributed by atoms with Crippen molar-refractivity contribution in [3.05, 3.63) is 69.8 Å². The Morgan fingerprint density at radius 3 is 2.65 bits per heavy atom. The zero-order valence-electron chi connectivity index (χ0n) is 13.3. The van der Waals surface area contributed by atoms with Gasteiger partial charge in [-0.3, -0.25) is 9.59 Å². The van der Waals surface area contributed by atoms with Crippen LogP contribution in [-0.4, -0.2) is 25.9 Å². The van der Waals surface area contributed by atoms with E-state index in [2.05, 4.69) is 20.6 Å². The summed E-state index contributed by atoms with van der Waals surface area (Å²) in [6.45, 7) is 1.60. The maximum Gasteiger partial charge on any atom is 0.416 e. The number of aromatic amines is 1. The standard InChI is InChI=1S/C16H12F3N5O2/c1-9-12(8-20-24(9)13-5-6-14(25)23-22-13)15(26)21-11-4-2-3-10(7-11)16(17,18)19/h2-8H,1H3,(H,21,26)(H,23,25). The van der Waals surface area contributed by atoms with Crippen LogP contribution in [0.3, 0.4) is 0 Å². The van der Waals surface area contributed by atoms with E-state index in [4.69, 9.17) is 0 Å². The van der Waals surface area contributed by atoms with E-state index in [0.29, 0.717) is 11.5 Å². The first-order valence-corrected chi connectivity index (χ1v) is 7.35. The lowest BCUT2D eigenvalue weighted by molar-refractivity contribution is -0.137. The van der Waals surface area contributed by atoms with Crippen LogP contribution in [0.15, 0.2) is 47.4 Å². The van der Waals surface area contributed by atoms with Gasteiger partial charge >= 0.3 is 6.18 Å². The van der Waals surface area contributed by atoms with Crippen molar-refractivity contribution in [2.75, 3.05) is 5.32 Å². The summed E-state index contributed by atoms with van der Waals surface area (Å²) in [5.74, 6) is -0.322. The first-order chi connectivity index (χ1) is 12.3. The topological polar surface area (TPSA) is 92.7 Å². The highest BCUT2D eigenvalue weighted by atomic mass is 19.4. The summed E-state index contributed by atoms with van der Waals surface area (Å²) >= 11 is 0. The van der Waals surface area contributed by atoms with Gasteiger partial charge in [0, 0.05) is 11.8 Å². The van der Waals surface area contributed by atoms with Gasteiger partial charge in [0.1, 0.15) is 0 Å². The Labute approximate surface area is 144 Å². The summed E-state index contributed by atoms with van der Waals surface area (Å²) in [6.07, 6.45) is -3.23. The van der Waals surface area contributed by atoms with Gasteiger partial charge in [0.15, 0.2) is 5.82 Å². The first kappa shape index (κ1) is 17.4. The molecule has 0 aliphatic heterocycles. The van der Waals surface area contributed by atoms with E-state index in [1.54, 1.807) is 6.92 Å². The molecule has 0 spiro atoms. The lowest BCUT2D eigenvalue weighted by Crippen LogP contribution is -2.15. The van der Waals surface area contributed by atoms with E-state index in [1.165, 1.54) is 35.1 Å². The molecule has 10 heteroatoms. The number of benzene rings is 1. The van der Waals surface area contributed by atoms with Crippen LogP contribution in [0.1, 0.15) is 21.6 Å². The fourth-order valence-electron chi connectivity index (χ4n) is 2.29. The SMILES string of the molecule is Cc1c(C(=O)Nc2cccc(C(F)(F)F)c2)cnn1-c1ccc(=O)[nH]n1. The number of hydrogen-bond acceptors (Lipinski definition) is 4. The molecule has 0 unspecified atom stereocenters. The molecule has 0 aliphatic carbocycles. The van der Waals surface area contributed by atoms with Crippen LogP contribution in [0.5, 0.6) is 0 Å². The number of nitrogens with one attached hydrogen (secondary N) is 2. The summed E-state index contributed by atoms with van der Waals surface area (Å²) in [6, 6.07) is 7.01. The van der Waals surface area contributed by atoms with Crippen molar-refractivity contribution in [1.29, 1.82) is 0 Å². The van der Waals surface area contributed by atoms with Crippen LogP contribution < -0.4 is 10.9 Å². The van der Waals surface area contributed by atoms with Gasteiger partial charge in [-0.25, -0.2) is 9.78 Å². The van der Waals surface area contributed by atoms with Crippen LogP contribution in [0.2, 0.25) is 0 Å². The average Bonchev–Trinajstić information content (AvgIpc) is 2.97. The number of amides is 1. The maximum atomic E-state index is 12.8. The third-order valence-electron chi connectivity index (χ3n) is 3.58. The molecule has 0 saturated carbocycles. The molecule has 0 atom stereocenters. The molecule has 26 heavy (non-hydrogen) atoms. The molecule has 0 aliphatic rings. The lowest BCUT2D eigenvalue weighted by atomic mass is 10.2. The molecule has 0 fully saturated rings. The molecule has 1 amide bonds. The fraction of sp³-hybridized carbons (Fsp3) is 0.125. The summed E-state index contributed by atoms with van der Waals surface area (Å²) in [7, 11) is 0. The van der Waals surface area contributed by atoms with Crippen molar-refractivity contribution in [3.63, 3.8) is 0 Å². The van der Waals surface area contributed by atoms with Gasteiger partial charge in [0.2, 0.25) is 0 Å². The summed E-state index contributed by atoms with van der Waals surface area (Å²) in [5.41, 5.74) is -0.662. The summed E-state index contributed by atoms with van der Waals surface area (Å²) in [5, 5.41) is 12.5. The number of halogens is 3. The molecule has 3 rings (SSSR count). The van der Waals surface area contributed by atoms with Crippen LogP contribution in [0, 0.1) is 6.92 Å². The second-order valence-corrected chi connectivity index (χ2v) is 5.37. The Morgan fingerprint density at radius 2 is 2.00 bits per heavy atom. The Hall–Kier alpha value is -3.43. The Bertz CT molecular complexity index is 1000. The van der Waals surface area contributed by atoms with Gasteiger partial charge in [0.25, 0.3) is 11.5 Å². The van der Waals surface area contributed by atoms with Crippen LogP contribution in [0.4, 0.5) is 18.9 Å². The first-order valence-electron chi connectivity index (χ1n) is 7.35. The van der Waals surface area contributed by atoms with E-state index in [9.17, 15) is 22.8 Å². The number of nitrogens with zero attached hydrogens (tertiary/aromatic N) is 3. The van der Waals surface area contributed by atoms with Crippen molar-refractivity contribution in [1.82, 2.24) is 20.0 Å². The van der Waals surface area contributed by atoms with Crippen molar-refractivity contribution in [2.45, 2.75) is 13.1 Å². The molecular formula is C16H12F3N5O2. The van der Waals surface area contributed by atoms with E-state index >= 15 is 0 Å². The largest absolute Gasteiger partial charge is 0.416 e. The van der Waals surface area contributed by atoms with Crippen LogP contribution >= 0.6 is 0 Å². The zero-order valence-corrected chi connectivity index (χ0v) is 13.3. The highest BCUT2D eigenvalue weighted by Crippen LogP contribution is 2.30. The number of carbonyl (C=O) groups is 1. The monoisotopic (exact) mass is 363 g/mol. The molecule has 2 aromatic heterocycles. The quantitative estimate of drug-likeness (QED) is 0.748. The number of alkyl halides is 3. The van der Waals surface area contributed by atoms with Gasteiger partial charge in [-0.05, 0) is 31.2 Å². The van der Waals surface area contributed by atoms with E-state index in [0.717, 1.165) is 12.1 Å². The number of H-pyrrole nitrogens is 1. The second-order valence-electron chi connectivity index (χ2n) is 5.37. The third-order valence-corrected chi connectivity index (χ3v) is 3.58. The predicted molar refractivity (Wildman–Crippen MR) is 86.1 cm³/mol. The highest BCUT2D eigenvalue weighted by molar-refractivity contribution is 6.05. The number of carbonyl (C=O) groups excluding carboxylic acids is 1. The Morgan fingerprint density at radius 1 is 1.23 bits per heavy atom. The molecule has 0 saturated heterocycles. The van der Waals surface area contributed by atoms with Gasteiger partial charge in [-0.1, -0.05) is 6.07 Å². The van der Waals surface area contributed by atoms with Crippen molar-refractivity contribution in [2.24, 2.45) is 0 Å². The Balaban J connectivity index is 1.85. The minimum Gasteiger partial charge on any atom is -0.322 e. The van der Waals surface area contributed by atoms with Gasteiger partial charge in [-0.15, -0.1) is 0 Å². The number of rotatable bonds is 3. The van der Waals surface area contributed by atoms with E-state index in [1.807, 2.05) is 0 Å². The summed E-state index contributed by atoms with van der Waals surface area (Å²) < 4.78 is 39.6. The normalized spacial score (nSPS) is 11.4. The highest BCUT2D eigenvalue weighted by Gasteiger charge is 2.30.